The number of aromatic nitrogens is 2. The standard InChI is InChI=1S/C23H21F4N3O2/c1-3-5-13-10-22(32,23(25,26)27)21(14-8-9-16(24)20(31)19(13)14)30-18-7-4-6-17-15(18)11-28-12(2)29-17/h4-9,11,21,30-32H,3,10H2,1-2H3. The van der Waals surface area contributed by atoms with Crippen molar-refractivity contribution in [2.75, 3.05) is 5.32 Å². The largest absolute Gasteiger partial charge is 0.504 e. The third-order valence-electron chi connectivity index (χ3n) is 5.72. The highest BCUT2D eigenvalue weighted by atomic mass is 19.4. The highest BCUT2D eigenvalue weighted by Gasteiger charge is 2.62. The number of aromatic hydroxyl groups is 1. The van der Waals surface area contributed by atoms with Crippen molar-refractivity contribution in [1.82, 2.24) is 9.97 Å². The fourth-order valence-electron chi connectivity index (χ4n) is 4.21. The molecule has 2 atom stereocenters. The average Bonchev–Trinajstić information content (AvgIpc) is 2.72. The minimum absolute atomic E-state index is 0.0363. The monoisotopic (exact) mass is 447 g/mol. The van der Waals surface area contributed by atoms with Crippen molar-refractivity contribution < 1.29 is 27.8 Å². The van der Waals surface area contributed by atoms with Crippen LogP contribution in [0.4, 0.5) is 23.2 Å². The van der Waals surface area contributed by atoms with E-state index in [1.807, 2.05) is 0 Å². The van der Waals surface area contributed by atoms with E-state index in [1.54, 1.807) is 32.0 Å². The molecule has 2 unspecified atom stereocenters. The molecular formula is C23H21F4N3O2. The molecule has 2 aromatic carbocycles. The summed E-state index contributed by atoms with van der Waals surface area (Å²) in [5, 5.41) is 24.6. The molecule has 1 heterocycles. The van der Waals surface area contributed by atoms with Gasteiger partial charge < -0.3 is 15.5 Å². The maximum atomic E-state index is 14.3. The lowest BCUT2D eigenvalue weighted by Crippen LogP contribution is -2.54. The van der Waals surface area contributed by atoms with Crippen LogP contribution in [0.25, 0.3) is 16.5 Å². The Balaban J connectivity index is 1.95. The van der Waals surface area contributed by atoms with Crippen molar-refractivity contribution in [3.05, 3.63) is 65.4 Å². The highest BCUT2D eigenvalue weighted by Crippen LogP contribution is 2.54. The first-order valence-corrected chi connectivity index (χ1v) is 10.1. The number of nitrogens with zero attached hydrogens (tertiary/aromatic N) is 2. The van der Waals surface area contributed by atoms with Crippen molar-refractivity contribution in [2.45, 2.75) is 44.5 Å². The minimum Gasteiger partial charge on any atom is -0.504 e. The summed E-state index contributed by atoms with van der Waals surface area (Å²) in [5.41, 5.74) is -2.48. The summed E-state index contributed by atoms with van der Waals surface area (Å²) in [6.07, 6.45) is -2.57. The lowest BCUT2D eigenvalue weighted by Gasteiger charge is -2.44. The maximum Gasteiger partial charge on any atom is 0.419 e. The van der Waals surface area contributed by atoms with Gasteiger partial charge in [0, 0.05) is 29.3 Å². The van der Waals surface area contributed by atoms with Crippen molar-refractivity contribution in [2.24, 2.45) is 0 Å². The number of phenols is 1. The zero-order chi connectivity index (χ0) is 23.3. The number of aliphatic hydroxyl groups is 1. The van der Waals surface area contributed by atoms with E-state index in [9.17, 15) is 27.8 Å². The van der Waals surface area contributed by atoms with Crippen LogP contribution in [0.5, 0.6) is 5.75 Å². The molecule has 3 aromatic rings. The fraction of sp³-hybridized carbons (Fsp3) is 0.304. The number of hydrogen-bond acceptors (Lipinski definition) is 5. The maximum absolute atomic E-state index is 14.3. The van der Waals surface area contributed by atoms with E-state index in [0.717, 1.165) is 12.1 Å². The zero-order valence-electron chi connectivity index (χ0n) is 17.3. The van der Waals surface area contributed by atoms with Crippen LogP contribution in [-0.4, -0.2) is 32.0 Å². The molecule has 0 saturated heterocycles. The third-order valence-corrected chi connectivity index (χ3v) is 5.72. The summed E-state index contributed by atoms with van der Waals surface area (Å²) in [6, 6.07) is 5.21. The summed E-state index contributed by atoms with van der Waals surface area (Å²) >= 11 is 0. The number of alkyl halides is 3. The average molecular weight is 447 g/mol. The van der Waals surface area contributed by atoms with Crippen molar-refractivity contribution in [3.63, 3.8) is 0 Å². The number of rotatable bonds is 3. The van der Waals surface area contributed by atoms with Crippen molar-refractivity contribution in [1.29, 1.82) is 0 Å². The van der Waals surface area contributed by atoms with E-state index in [2.05, 4.69) is 15.3 Å². The van der Waals surface area contributed by atoms with Crippen LogP contribution in [-0.2, 0) is 0 Å². The van der Waals surface area contributed by atoms with Crippen LogP contribution in [0.3, 0.4) is 0 Å². The Morgan fingerprint density at radius 1 is 1.25 bits per heavy atom. The molecule has 0 bridgehead atoms. The molecule has 1 aliphatic rings. The number of hydrogen-bond donors (Lipinski definition) is 3. The van der Waals surface area contributed by atoms with E-state index >= 15 is 0 Å². The number of halogens is 4. The van der Waals surface area contributed by atoms with Gasteiger partial charge in [0.2, 0.25) is 0 Å². The van der Waals surface area contributed by atoms with Crippen molar-refractivity contribution in [3.8, 4) is 5.75 Å². The van der Waals surface area contributed by atoms with Gasteiger partial charge >= 0.3 is 6.18 Å². The Hall–Kier alpha value is -3.20. The number of fused-ring (bicyclic) bond motifs is 2. The summed E-state index contributed by atoms with van der Waals surface area (Å²) in [5.74, 6) is -1.19. The molecule has 1 aliphatic carbocycles. The fourth-order valence-corrected chi connectivity index (χ4v) is 4.21. The highest BCUT2D eigenvalue weighted by molar-refractivity contribution is 5.91. The van der Waals surface area contributed by atoms with E-state index in [4.69, 9.17) is 0 Å². The van der Waals surface area contributed by atoms with Gasteiger partial charge in [0.15, 0.2) is 17.2 Å². The van der Waals surface area contributed by atoms with Gasteiger partial charge in [-0.05, 0) is 42.7 Å². The van der Waals surface area contributed by atoms with Crippen LogP contribution in [0.2, 0.25) is 0 Å². The molecule has 32 heavy (non-hydrogen) atoms. The normalized spacial score (nSPS) is 22.2. The van der Waals surface area contributed by atoms with Crippen LogP contribution >= 0.6 is 0 Å². The van der Waals surface area contributed by atoms with Gasteiger partial charge in [-0.1, -0.05) is 25.1 Å². The molecule has 5 nitrogen and oxygen atoms in total. The van der Waals surface area contributed by atoms with Crippen molar-refractivity contribution >= 4 is 22.2 Å². The first-order valence-electron chi connectivity index (χ1n) is 10.1. The first kappa shape index (κ1) is 22.0. The molecule has 0 radical (unpaired) electrons. The zero-order valence-corrected chi connectivity index (χ0v) is 17.3. The number of nitrogens with one attached hydrogen (secondary N) is 1. The molecule has 0 spiro atoms. The molecule has 168 valence electrons. The van der Waals surface area contributed by atoms with Gasteiger partial charge in [-0.15, -0.1) is 0 Å². The van der Waals surface area contributed by atoms with E-state index in [-0.39, 0.29) is 22.4 Å². The Labute approximate surface area is 181 Å². The van der Waals surface area contributed by atoms with Crippen LogP contribution in [0.15, 0.2) is 42.6 Å². The van der Waals surface area contributed by atoms with Gasteiger partial charge in [0.05, 0.1) is 11.6 Å². The van der Waals surface area contributed by atoms with Gasteiger partial charge in [-0.25, -0.2) is 14.4 Å². The predicted octanol–water partition coefficient (Wildman–Crippen LogP) is 5.43. The summed E-state index contributed by atoms with van der Waals surface area (Å²) in [7, 11) is 0. The van der Waals surface area contributed by atoms with Crippen LogP contribution in [0, 0.1) is 12.7 Å². The Kier molecular flexibility index (Phi) is 5.32. The Bertz CT molecular complexity index is 1230. The topological polar surface area (TPSA) is 78.3 Å². The first-order chi connectivity index (χ1) is 15.1. The molecule has 1 aromatic heterocycles. The number of benzene rings is 2. The SMILES string of the molecule is CCC=C1CC(O)(C(F)(F)F)C(Nc2cccc3nc(C)ncc23)c2ccc(F)c(O)c21. The van der Waals surface area contributed by atoms with Crippen LogP contribution in [0.1, 0.15) is 42.8 Å². The predicted molar refractivity (Wildman–Crippen MR) is 113 cm³/mol. The number of phenolic OH excluding ortho intramolecular Hbond substituents is 1. The van der Waals surface area contributed by atoms with E-state index in [1.165, 1.54) is 12.3 Å². The quantitative estimate of drug-likeness (QED) is 0.467. The minimum atomic E-state index is -5.02. The second kappa shape index (κ2) is 7.74. The van der Waals surface area contributed by atoms with Gasteiger partial charge in [-0.3, -0.25) is 0 Å². The molecule has 3 N–H and O–H groups in total. The Morgan fingerprint density at radius 3 is 2.69 bits per heavy atom. The molecule has 0 amide bonds. The molecule has 9 heteroatoms. The number of allylic oxidation sites excluding steroid dienone is 1. The Morgan fingerprint density at radius 2 is 2.00 bits per heavy atom. The molecule has 0 aliphatic heterocycles. The van der Waals surface area contributed by atoms with Gasteiger partial charge in [0.25, 0.3) is 0 Å². The number of anilines is 1. The van der Waals surface area contributed by atoms with E-state index < -0.39 is 35.8 Å². The lowest BCUT2D eigenvalue weighted by atomic mass is 9.72. The van der Waals surface area contributed by atoms with E-state index in [0.29, 0.717) is 23.1 Å². The summed E-state index contributed by atoms with van der Waals surface area (Å²) in [6.45, 7) is 3.40. The van der Waals surface area contributed by atoms with Gasteiger partial charge in [-0.2, -0.15) is 13.2 Å². The van der Waals surface area contributed by atoms with Gasteiger partial charge in [0.1, 0.15) is 5.82 Å². The number of aryl methyl sites for hydroxylation is 1. The molecule has 0 saturated carbocycles. The molecule has 0 fully saturated rings. The molecule has 4 rings (SSSR count). The smallest absolute Gasteiger partial charge is 0.419 e. The third kappa shape index (κ3) is 3.46. The second-order valence-corrected chi connectivity index (χ2v) is 7.83. The molecular weight excluding hydrogens is 426 g/mol. The summed E-state index contributed by atoms with van der Waals surface area (Å²) < 4.78 is 56.9. The lowest BCUT2D eigenvalue weighted by molar-refractivity contribution is -0.265. The summed E-state index contributed by atoms with van der Waals surface area (Å²) in [4.78, 5) is 8.40. The van der Waals surface area contributed by atoms with Crippen LogP contribution < -0.4 is 5.32 Å². The second-order valence-electron chi connectivity index (χ2n) is 7.83.